The lowest BCUT2D eigenvalue weighted by Crippen LogP contribution is -2.37. The molecule has 0 bridgehead atoms. The van der Waals surface area contributed by atoms with Crippen molar-refractivity contribution in [3.8, 4) is 0 Å². The Morgan fingerprint density at radius 1 is 1.15 bits per heavy atom. The summed E-state index contributed by atoms with van der Waals surface area (Å²) in [6.07, 6.45) is 0. The number of halogens is 1. The molecule has 0 atom stereocenters. The fourth-order valence-electron chi connectivity index (χ4n) is 2.12. The van der Waals surface area contributed by atoms with Crippen molar-refractivity contribution in [2.24, 2.45) is 7.05 Å². The van der Waals surface area contributed by atoms with E-state index in [0.29, 0.717) is 21.8 Å². The van der Waals surface area contributed by atoms with Crippen LogP contribution in [0.2, 0.25) is 5.02 Å². The fraction of sp³-hybridized carbons (Fsp3) is 0.143. The summed E-state index contributed by atoms with van der Waals surface area (Å²) < 4.78 is 3.35. The number of rotatable bonds is 2. The Balaban J connectivity index is 2.21. The summed E-state index contributed by atoms with van der Waals surface area (Å²) in [5, 5.41) is 2.48. The minimum Gasteiger partial charge on any atom is -0.288 e. The number of benzene rings is 1. The van der Waals surface area contributed by atoms with Crippen LogP contribution in [0, 0.1) is 0 Å². The highest BCUT2D eigenvalue weighted by Gasteiger charge is 2.11. The third-order valence-corrected chi connectivity index (χ3v) is 4.35. The van der Waals surface area contributed by atoms with Gasteiger partial charge in [0.15, 0.2) is 0 Å². The van der Waals surface area contributed by atoms with E-state index in [4.69, 9.17) is 11.6 Å². The normalized spacial score (nSPS) is 11.1. The van der Waals surface area contributed by atoms with Crippen LogP contribution in [0.25, 0.3) is 10.2 Å². The average molecular weight is 307 g/mol. The molecule has 0 spiro atoms. The summed E-state index contributed by atoms with van der Waals surface area (Å²) in [6, 6.07) is 9.12. The zero-order valence-electron chi connectivity index (χ0n) is 10.7. The number of hydrogen-bond acceptors (Lipinski definition) is 3. The van der Waals surface area contributed by atoms with Gasteiger partial charge in [-0.3, -0.25) is 13.9 Å². The summed E-state index contributed by atoms with van der Waals surface area (Å²) >= 11 is 7.21. The van der Waals surface area contributed by atoms with E-state index in [2.05, 4.69) is 0 Å². The number of aromatic nitrogens is 2. The second-order valence-electron chi connectivity index (χ2n) is 4.49. The number of hydrogen-bond donors (Lipinski definition) is 0. The number of thiophene rings is 1. The minimum atomic E-state index is -0.309. The third kappa shape index (κ3) is 2.09. The van der Waals surface area contributed by atoms with Crippen molar-refractivity contribution in [1.82, 2.24) is 9.13 Å². The first kappa shape index (κ1) is 13.1. The van der Waals surface area contributed by atoms with Crippen molar-refractivity contribution in [3.05, 3.63) is 67.1 Å². The van der Waals surface area contributed by atoms with Gasteiger partial charge in [0.05, 0.1) is 12.1 Å². The van der Waals surface area contributed by atoms with E-state index in [1.54, 1.807) is 22.8 Å². The number of nitrogens with zero attached hydrogens (tertiary/aromatic N) is 2. The highest BCUT2D eigenvalue weighted by molar-refractivity contribution is 7.17. The summed E-state index contributed by atoms with van der Waals surface area (Å²) in [7, 11) is 1.50. The lowest BCUT2D eigenvalue weighted by atomic mass is 10.2. The van der Waals surface area contributed by atoms with Crippen molar-refractivity contribution >= 4 is 33.2 Å². The van der Waals surface area contributed by atoms with Crippen molar-refractivity contribution in [1.29, 1.82) is 0 Å². The van der Waals surface area contributed by atoms with Crippen LogP contribution in [-0.4, -0.2) is 9.13 Å². The van der Waals surface area contributed by atoms with E-state index >= 15 is 0 Å². The molecule has 4 nitrogen and oxygen atoms in total. The van der Waals surface area contributed by atoms with E-state index in [0.717, 1.165) is 10.1 Å². The van der Waals surface area contributed by atoms with Gasteiger partial charge in [-0.05, 0) is 29.1 Å². The molecule has 0 saturated carbocycles. The largest absolute Gasteiger partial charge is 0.331 e. The molecule has 2 heterocycles. The predicted molar refractivity (Wildman–Crippen MR) is 81.9 cm³/mol. The third-order valence-electron chi connectivity index (χ3n) is 3.21. The highest BCUT2D eigenvalue weighted by Crippen LogP contribution is 2.17. The van der Waals surface area contributed by atoms with Crippen molar-refractivity contribution < 1.29 is 0 Å². The van der Waals surface area contributed by atoms with Crippen molar-refractivity contribution in [3.63, 3.8) is 0 Å². The van der Waals surface area contributed by atoms with Gasteiger partial charge in [-0.25, -0.2) is 4.79 Å². The summed E-state index contributed by atoms with van der Waals surface area (Å²) in [5.41, 5.74) is 1.09. The predicted octanol–water partition coefficient (Wildman–Crippen LogP) is 2.46. The lowest BCUT2D eigenvalue weighted by Gasteiger charge is -2.09. The molecule has 6 heteroatoms. The van der Waals surface area contributed by atoms with Gasteiger partial charge in [-0.1, -0.05) is 23.7 Å². The quantitative estimate of drug-likeness (QED) is 0.730. The van der Waals surface area contributed by atoms with Crippen LogP contribution in [-0.2, 0) is 13.6 Å². The van der Waals surface area contributed by atoms with Gasteiger partial charge in [0.25, 0.3) is 5.56 Å². The maximum Gasteiger partial charge on any atom is 0.331 e. The highest BCUT2D eigenvalue weighted by atomic mass is 35.5. The van der Waals surface area contributed by atoms with Gasteiger partial charge in [0.1, 0.15) is 4.70 Å². The van der Waals surface area contributed by atoms with Gasteiger partial charge >= 0.3 is 5.69 Å². The van der Waals surface area contributed by atoms with Crippen LogP contribution in [0.4, 0.5) is 0 Å². The van der Waals surface area contributed by atoms with Gasteiger partial charge in [0, 0.05) is 12.1 Å². The molecule has 1 aromatic carbocycles. The molecule has 3 rings (SSSR count). The monoisotopic (exact) mass is 306 g/mol. The van der Waals surface area contributed by atoms with Crippen LogP contribution < -0.4 is 11.2 Å². The standard InChI is InChI=1S/C14H11ClN2O2S/c1-16-13(18)12-11(6-7-20-12)17(14(16)19)8-9-2-4-10(15)5-3-9/h2-7H,8H2,1H3. The molecule has 0 unspecified atom stereocenters. The van der Waals surface area contributed by atoms with Crippen LogP contribution in [0.5, 0.6) is 0 Å². The molecular weight excluding hydrogens is 296 g/mol. The first-order chi connectivity index (χ1) is 9.58. The van der Waals surface area contributed by atoms with Crippen LogP contribution >= 0.6 is 22.9 Å². The first-order valence-corrected chi connectivity index (χ1v) is 7.25. The fourth-order valence-corrected chi connectivity index (χ4v) is 3.12. The van der Waals surface area contributed by atoms with Crippen molar-refractivity contribution in [2.75, 3.05) is 0 Å². The Labute approximate surface area is 123 Å². The van der Waals surface area contributed by atoms with Crippen LogP contribution in [0.1, 0.15) is 5.56 Å². The van der Waals surface area contributed by atoms with Crippen LogP contribution in [0.3, 0.4) is 0 Å². The van der Waals surface area contributed by atoms with E-state index in [9.17, 15) is 9.59 Å². The smallest absolute Gasteiger partial charge is 0.288 e. The van der Waals surface area contributed by atoms with Gasteiger partial charge in [-0.15, -0.1) is 11.3 Å². The SMILES string of the molecule is Cn1c(=O)c2sccc2n(Cc2ccc(Cl)cc2)c1=O. The molecule has 0 aliphatic carbocycles. The van der Waals surface area contributed by atoms with Gasteiger partial charge < -0.3 is 0 Å². The Morgan fingerprint density at radius 3 is 2.55 bits per heavy atom. The van der Waals surface area contributed by atoms with E-state index in [1.807, 2.05) is 17.5 Å². The molecule has 20 heavy (non-hydrogen) atoms. The maximum absolute atomic E-state index is 12.3. The summed E-state index contributed by atoms with van der Waals surface area (Å²) in [5.74, 6) is 0. The first-order valence-electron chi connectivity index (χ1n) is 5.99. The Hall–Kier alpha value is -1.85. The Kier molecular flexibility index (Phi) is 3.23. The molecule has 0 fully saturated rings. The summed E-state index contributed by atoms with van der Waals surface area (Å²) in [6.45, 7) is 0.414. The van der Waals surface area contributed by atoms with Crippen LogP contribution in [0.15, 0.2) is 45.3 Å². The second kappa shape index (κ2) is 4.92. The number of fused-ring (bicyclic) bond motifs is 1. The Bertz CT molecular complexity index is 890. The lowest BCUT2D eigenvalue weighted by molar-refractivity contribution is 0.675. The molecule has 0 amide bonds. The molecule has 3 aromatic rings. The van der Waals surface area contributed by atoms with E-state index < -0.39 is 0 Å². The molecule has 0 aliphatic rings. The van der Waals surface area contributed by atoms with Crippen molar-refractivity contribution in [2.45, 2.75) is 6.54 Å². The summed E-state index contributed by atoms with van der Waals surface area (Å²) in [4.78, 5) is 24.3. The molecule has 0 saturated heterocycles. The molecule has 0 aliphatic heterocycles. The zero-order chi connectivity index (χ0) is 14.3. The minimum absolute atomic E-state index is 0.243. The van der Waals surface area contributed by atoms with Gasteiger partial charge in [0.2, 0.25) is 0 Å². The zero-order valence-corrected chi connectivity index (χ0v) is 12.2. The molecule has 0 radical (unpaired) electrons. The van der Waals surface area contributed by atoms with E-state index in [-0.39, 0.29) is 11.2 Å². The van der Waals surface area contributed by atoms with Gasteiger partial charge in [-0.2, -0.15) is 0 Å². The average Bonchev–Trinajstić information content (AvgIpc) is 2.92. The molecular formula is C14H11ClN2O2S. The molecule has 0 N–H and O–H groups in total. The van der Waals surface area contributed by atoms with E-state index in [1.165, 1.54) is 18.4 Å². The maximum atomic E-state index is 12.3. The second-order valence-corrected chi connectivity index (χ2v) is 5.85. The molecule has 2 aromatic heterocycles. The molecule has 102 valence electrons. The Morgan fingerprint density at radius 2 is 1.85 bits per heavy atom. The topological polar surface area (TPSA) is 44.0 Å².